The maximum Gasteiger partial charge on any atom is 0.165 e. The van der Waals surface area contributed by atoms with E-state index in [-0.39, 0.29) is 6.61 Å². The second-order valence-electron chi connectivity index (χ2n) is 6.79. The van der Waals surface area contributed by atoms with Gasteiger partial charge < -0.3 is 10.8 Å². The van der Waals surface area contributed by atoms with Crippen molar-refractivity contribution >= 4 is 27.4 Å². The highest BCUT2D eigenvalue weighted by Gasteiger charge is 2.27. The summed E-state index contributed by atoms with van der Waals surface area (Å²) in [5, 5.41) is 18.0. The van der Waals surface area contributed by atoms with Crippen molar-refractivity contribution in [3.05, 3.63) is 28.8 Å². The standard InChI is InChI=1S/C17H21BrN6O/c1-23-8-12(6-20-23)13-7-21-24-16(19)14(18)15(22-17(13)24)11-4-2-10(9-25)3-5-11/h6-8,10-11,25H,2-5,9,19H2,1H3. The van der Waals surface area contributed by atoms with Crippen LogP contribution in [0.15, 0.2) is 23.1 Å². The van der Waals surface area contributed by atoms with E-state index in [9.17, 15) is 5.11 Å². The van der Waals surface area contributed by atoms with Gasteiger partial charge in [0, 0.05) is 36.9 Å². The van der Waals surface area contributed by atoms with E-state index in [1.807, 2.05) is 19.4 Å². The van der Waals surface area contributed by atoms with Crippen molar-refractivity contribution in [2.45, 2.75) is 31.6 Å². The van der Waals surface area contributed by atoms with E-state index in [1.165, 1.54) is 0 Å². The number of nitrogens with zero attached hydrogens (tertiary/aromatic N) is 5. The van der Waals surface area contributed by atoms with Gasteiger partial charge in [-0.1, -0.05) is 0 Å². The number of rotatable bonds is 3. The summed E-state index contributed by atoms with van der Waals surface area (Å²) in [6.07, 6.45) is 9.62. The largest absolute Gasteiger partial charge is 0.396 e. The summed E-state index contributed by atoms with van der Waals surface area (Å²) in [5.41, 5.74) is 9.98. The van der Waals surface area contributed by atoms with Gasteiger partial charge in [0.05, 0.1) is 22.6 Å². The number of anilines is 1. The summed E-state index contributed by atoms with van der Waals surface area (Å²) >= 11 is 3.62. The van der Waals surface area contributed by atoms with Gasteiger partial charge >= 0.3 is 0 Å². The first-order valence-corrected chi connectivity index (χ1v) is 9.30. The first-order chi connectivity index (χ1) is 12.1. The van der Waals surface area contributed by atoms with Crippen LogP contribution in [0.2, 0.25) is 0 Å². The van der Waals surface area contributed by atoms with Gasteiger partial charge in [-0.15, -0.1) is 0 Å². The molecule has 132 valence electrons. The second-order valence-corrected chi connectivity index (χ2v) is 7.59. The lowest BCUT2D eigenvalue weighted by molar-refractivity contribution is 0.181. The molecule has 25 heavy (non-hydrogen) atoms. The Labute approximate surface area is 154 Å². The Morgan fingerprint density at radius 1 is 1.24 bits per heavy atom. The van der Waals surface area contributed by atoms with E-state index in [2.05, 4.69) is 26.1 Å². The van der Waals surface area contributed by atoms with Crippen LogP contribution >= 0.6 is 15.9 Å². The van der Waals surface area contributed by atoms with Crippen LogP contribution in [0, 0.1) is 5.92 Å². The molecule has 1 saturated carbocycles. The molecule has 0 aromatic carbocycles. The molecular formula is C17H21BrN6O. The van der Waals surface area contributed by atoms with Crippen LogP contribution in [0.5, 0.6) is 0 Å². The third-order valence-electron chi connectivity index (χ3n) is 5.16. The molecular weight excluding hydrogens is 384 g/mol. The predicted octanol–water partition coefficient (Wildman–Crippen LogP) is 2.74. The molecule has 0 atom stereocenters. The normalized spacial score (nSPS) is 21.1. The Balaban J connectivity index is 1.79. The topological polar surface area (TPSA) is 94.3 Å². The SMILES string of the molecule is Cn1cc(-c2cnn3c(N)c(Br)c(C4CCC(CO)CC4)nc23)cn1. The molecule has 0 aliphatic heterocycles. The van der Waals surface area contributed by atoms with Gasteiger partial charge in [0.2, 0.25) is 0 Å². The van der Waals surface area contributed by atoms with Gasteiger partial charge in [-0.05, 0) is 47.5 Å². The van der Waals surface area contributed by atoms with Crippen molar-refractivity contribution in [2.75, 3.05) is 12.3 Å². The lowest BCUT2D eigenvalue weighted by Crippen LogP contribution is -2.18. The molecule has 3 heterocycles. The smallest absolute Gasteiger partial charge is 0.165 e. The monoisotopic (exact) mass is 404 g/mol. The number of halogens is 1. The number of aromatic nitrogens is 5. The van der Waals surface area contributed by atoms with Crippen molar-refractivity contribution in [3.8, 4) is 11.1 Å². The zero-order chi connectivity index (χ0) is 17.6. The zero-order valence-corrected chi connectivity index (χ0v) is 15.6. The van der Waals surface area contributed by atoms with Gasteiger partial charge in [0.15, 0.2) is 5.65 Å². The average Bonchev–Trinajstić information content (AvgIpc) is 3.24. The highest BCUT2D eigenvalue weighted by atomic mass is 79.9. The van der Waals surface area contributed by atoms with Crippen molar-refractivity contribution in [1.29, 1.82) is 0 Å². The van der Waals surface area contributed by atoms with Crippen molar-refractivity contribution < 1.29 is 5.11 Å². The van der Waals surface area contributed by atoms with Crippen LogP contribution in [0.1, 0.15) is 37.3 Å². The molecule has 0 unspecified atom stereocenters. The first kappa shape index (κ1) is 16.5. The lowest BCUT2D eigenvalue weighted by atomic mass is 9.81. The van der Waals surface area contributed by atoms with Gasteiger partial charge in [0.1, 0.15) is 5.82 Å². The molecule has 8 heteroatoms. The van der Waals surface area contributed by atoms with Crippen LogP contribution in [0.25, 0.3) is 16.8 Å². The fourth-order valence-electron chi connectivity index (χ4n) is 3.67. The number of nitrogen functional groups attached to an aromatic ring is 1. The highest BCUT2D eigenvalue weighted by Crippen LogP contribution is 2.40. The third-order valence-corrected chi connectivity index (χ3v) is 5.97. The third kappa shape index (κ3) is 2.83. The van der Waals surface area contributed by atoms with Crippen LogP contribution in [-0.2, 0) is 7.05 Å². The zero-order valence-electron chi connectivity index (χ0n) is 14.1. The molecule has 0 spiro atoms. The summed E-state index contributed by atoms with van der Waals surface area (Å²) in [7, 11) is 1.89. The summed E-state index contributed by atoms with van der Waals surface area (Å²) in [5.74, 6) is 1.33. The van der Waals surface area contributed by atoms with E-state index >= 15 is 0 Å². The minimum Gasteiger partial charge on any atom is -0.396 e. The van der Waals surface area contributed by atoms with E-state index < -0.39 is 0 Å². The Morgan fingerprint density at radius 2 is 2.00 bits per heavy atom. The summed E-state index contributed by atoms with van der Waals surface area (Å²) in [6, 6.07) is 0. The second kappa shape index (κ2) is 6.42. The van der Waals surface area contributed by atoms with Crippen LogP contribution in [0.3, 0.4) is 0 Å². The molecule has 0 bridgehead atoms. The van der Waals surface area contributed by atoms with E-state index in [1.54, 1.807) is 15.4 Å². The molecule has 3 aromatic rings. The fourth-order valence-corrected chi connectivity index (χ4v) is 4.25. The van der Waals surface area contributed by atoms with Gasteiger partial charge in [-0.3, -0.25) is 4.68 Å². The Bertz CT molecular complexity index is 909. The van der Waals surface area contributed by atoms with Gasteiger partial charge in [-0.2, -0.15) is 14.7 Å². The van der Waals surface area contributed by atoms with E-state index in [0.29, 0.717) is 17.7 Å². The van der Waals surface area contributed by atoms with Gasteiger partial charge in [-0.25, -0.2) is 4.98 Å². The molecule has 3 aromatic heterocycles. The summed E-state index contributed by atoms with van der Waals surface area (Å²) < 4.78 is 4.27. The van der Waals surface area contributed by atoms with Crippen LogP contribution < -0.4 is 5.73 Å². The molecule has 1 fully saturated rings. The number of aliphatic hydroxyl groups excluding tert-OH is 1. The Morgan fingerprint density at radius 3 is 2.64 bits per heavy atom. The predicted molar refractivity (Wildman–Crippen MR) is 99.1 cm³/mol. The highest BCUT2D eigenvalue weighted by molar-refractivity contribution is 9.10. The number of hydrogen-bond donors (Lipinski definition) is 2. The fraction of sp³-hybridized carbons (Fsp3) is 0.471. The van der Waals surface area contributed by atoms with Gasteiger partial charge in [0.25, 0.3) is 0 Å². The molecule has 0 amide bonds. The minimum absolute atomic E-state index is 0.274. The number of fused-ring (bicyclic) bond motifs is 1. The summed E-state index contributed by atoms with van der Waals surface area (Å²) in [6.45, 7) is 0.274. The van der Waals surface area contributed by atoms with Crippen molar-refractivity contribution in [3.63, 3.8) is 0 Å². The quantitative estimate of drug-likeness (QED) is 0.699. The van der Waals surface area contributed by atoms with Crippen molar-refractivity contribution in [1.82, 2.24) is 24.4 Å². The molecule has 4 rings (SSSR count). The number of nitrogens with two attached hydrogens (primary N) is 1. The number of hydrogen-bond acceptors (Lipinski definition) is 5. The molecule has 3 N–H and O–H groups in total. The van der Waals surface area contributed by atoms with Crippen LogP contribution in [-0.4, -0.2) is 36.1 Å². The van der Waals surface area contributed by atoms with E-state index in [0.717, 1.165) is 52.6 Å². The van der Waals surface area contributed by atoms with Crippen LogP contribution in [0.4, 0.5) is 5.82 Å². The Kier molecular flexibility index (Phi) is 4.24. The van der Waals surface area contributed by atoms with Crippen molar-refractivity contribution in [2.24, 2.45) is 13.0 Å². The molecule has 1 aliphatic carbocycles. The number of aliphatic hydroxyl groups is 1. The maximum atomic E-state index is 9.36. The average molecular weight is 405 g/mol. The Hall–Kier alpha value is -1.93. The molecule has 0 radical (unpaired) electrons. The van der Waals surface area contributed by atoms with E-state index in [4.69, 9.17) is 10.7 Å². The molecule has 7 nitrogen and oxygen atoms in total. The number of aryl methyl sites for hydroxylation is 1. The maximum absolute atomic E-state index is 9.36. The molecule has 1 aliphatic rings. The minimum atomic E-state index is 0.274. The first-order valence-electron chi connectivity index (χ1n) is 8.51. The summed E-state index contributed by atoms with van der Waals surface area (Å²) in [4.78, 5) is 4.93. The molecule has 0 saturated heterocycles. The lowest BCUT2D eigenvalue weighted by Gasteiger charge is -2.27.